The van der Waals surface area contributed by atoms with Crippen LogP contribution in [-0.2, 0) is 16.4 Å². The van der Waals surface area contributed by atoms with Gasteiger partial charge in [0.1, 0.15) is 5.82 Å². The third-order valence-corrected chi connectivity index (χ3v) is 4.65. The molecule has 0 radical (unpaired) electrons. The third kappa shape index (κ3) is 4.83. The number of halogens is 1. The van der Waals surface area contributed by atoms with Crippen molar-refractivity contribution in [2.24, 2.45) is 0 Å². The van der Waals surface area contributed by atoms with Gasteiger partial charge in [-0.25, -0.2) is 17.5 Å². The normalized spacial score (nSPS) is 11.3. The van der Waals surface area contributed by atoms with E-state index in [1.165, 1.54) is 30.3 Å². The predicted octanol–water partition coefficient (Wildman–Crippen LogP) is 2.65. The third-order valence-electron chi connectivity index (χ3n) is 3.19. The van der Waals surface area contributed by atoms with Gasteiger partial charge in [-0.2, -0.15) is 0 Å². The van der Waals surface area contributed by atoms with Crippen LogP contribution in [0.2, 0.25) is 0 Å². The van der Waals surface area contributed by atoms with Crippen molar-refractivity contribution in [2.75, 3.05) is 6.54 Å². The van der Waals surface area contributed by atoms with Gasteiger partial charge in [-0.15, -0.1) is 0 Å². The van der Waals surface area contributed by atoms with Crippen LogP contribution in [-0.4, -0.2) is 19.9 Å². The summed E-state index contributed by atoms with van der Waals surface area (Å²) in [4.78, 5) is 9.89. The van der Waals surface area contributed by atoms with E-state index in [1.807, 2.05) is 0 Å². The summed E-state index contributed by atoms with van der Waals surface area (Å²) in [5.74, 6) is -0.319. The van der Waals surface area contributed by atoms with Gasteiger partial charge in [0, 0.05) is 18.7 Å². The molecule has 122 valence electrons. The summed E-state index contributed by atoms with van der Waals surface area (Å²) in [5, 5.41) is 10.7. The average molecular weight is 338 g/mol. The topological polar surface area (TPSA) is 89.3 Å². The molecule has 1 N–H and O–H groups in total. The SMILES string of the molecule is O=[N+]([O-])c1cccc(S(=O)(=O)NCCCc2ccc(F)cc2)c1. The lowest BCUT2D eigenvalue weighted by Crippen LogP contribution is -2.25. The van der Waals surface area contributed by atoms with E-state index in [-0.39, 0.29) is 22.9 Å². The van der Waals surface area contributed by atoms with Crippen LogP contribution in [0.5, 0.6) is 0 Å². The number of nitrogens with zero attached hydrogens (tertiary/aromatic N) is 1. The Morgan fingerprint density at radius 1 is 1.13 bits per heavy atom. The number of nitro groups is 1. The largest absolute Gasteiger partial charge is 0.270 e. The lowest BCUT2D eigenvalue weighted by atomic mass is 10.1. The van der Waals surface area contributed by atoms with Crippen molar-refractivity contribution >= 4 is 15.7 Å². The first-order valence-corrected chi connectivity index (χ1v) is 8.35. The number of hydrogen-bond acceptors (Lipinski definition) is 4. The minimum Gasteiger partial charge on any atom is -0.258 e. The Morgan fingerprint density at radius 2 is 1.83 bits per heavy atom. The highest BCUT2D eigenvalue weighted by atomic mass is 32.2. The van der Waals surface area contributed by atoms with Crippen molar-refractivity contribution in [3.8, 4) is 0 Å². The minimum absolute atomic E-state index is 0.145. The number of benzene rings is 2. The molecule has 0 spiro atoms. The summed E-state index contributed by atoms with van der Waals surface area (Å²) in [5.41, 5.74) is 0.625. The number of rotatable bonds is 7. The summed E-state index contributed by atoms with van der Waals surface area (Å²) in [6.45, 7) is 0.183. The second kappa shape index (κ2) is 7.30. The molecule has 2 aromatic carbocycles. The first-order chi connectivity index (χ1) is 10.9. The summed E-state index contributed by atoms with van der Waals surface area (Å²) >= 11 is 0. The molecule has 0 bridgehead atoms. The van der Waals surface area contributed by atoms with Crippen LogP contribution in [0.15, 0.2) is 53.4 Å². The fraction of sp³-hybridized carbons (Fsp3) is 0.200. The monoisotopic (exact) mass is 338 g/mol. The van der Waals surface area contributed by atoms with Gasteiger partial charge in [0.25, 0.3) is 5.69 Å². The fourth-order valence-electron chi connectivity index (χ4n) is 2.00. The maximum atomic E-state index is 12.8. The van der Waals surface area contributed by atoms with E-state index in [1.54, 1.807) is 12.1 Å². The van der Waals surface area contributed by atoms with Gasteiger partial charge in [0.15, 0.2) is 0 Å². The molecule has 0 saturated carbocycles. The quantitative estimate of drug-likeness (QED) is 0.477. The molecule has 2 aromatic rings. The minimum atomic E-state index is -3.79. The summed E-state index contributed by atoms with van der Waals surface area (Å²) in [7, 11) is -3.79. The number of hydrogen-bond donors (Lipinski definition) is 1. The molecule has 0 atom stereocenters. The maximum absolute atomic E-state index is 12.8. The van der Waals surface area contributed by atoms with E-state index < -0.39 is 14.9 Å². The number of non-ortho nitro benzene ring substituents is 1. The molecule has 0 aromatic heterocycles. The molecule has 2 rings (SSSR count). The van der Waals surface area contributed by atoms with Gasteiger partial charge >= 0.3 is 0 Å². The second-order valence-electron chi connectivity index (χ2n) is 4.88. The van der Waals surface area contributed by atoms with Crippen LogP contribution in [0.25, 0.3) is 0 Å². The lowest BCUT2D eigenvalue weighted by molar-refractivity contribution is -0.385. The molecule has 23 heavy (non-hydrogen) atoms. The van der Waals surface area contributed by atoms with Crippen LogP contribution in [0, 0.1) is 15.9 Å². The molecule has 0 unspecified atom stereocenters. The zero-order valence-corrected chi connectivity index (χ0v) is 12.9. The van der Waals surface area contributed by atoms with Crippen LogP contribution >= 0.6 is 0 Å². The van der Waals surface area contributed by atoms with Crippen LogP contribution < -0.4 is 4.72 Å². The number of nitrogens with one attached hydrogen (secondary N) is 1. The van der Waals surface area contributed by atoms with E-state index in [0.29, 0.717) is 12.8 Å². The predicted molar refractivity (Wildman–Crippen MR) is 83.0 cm³/mol. The Kier molecular flexibility index (Phi) is 5.41. The zero-order valence-electron chi connectivity index (χ0n) is 12.1. The average Bonchev–Trinajstić information content (AvgIpc) is 2.53. The summed E-state index contributed by atoms with van der Waals surface area (Å²) < 4.78 is 39.3. The molecule has 0 aliphatic rings. The Morgan fingerprint density at radius 3 is 2.48 bits per heavy atom. The Hall–Kier alpha value is -2.32. The summed E-state index contributed by atoms with van der Waals surface area (Å²) in [6.07, 6.45) is 1.12. The van der Waals surface area contributed by atoms with Gasteiger partial charge in [0.05, 0.1) is 9.82 Å². The van der Waals surface area contributed by atoms with Crippen molar-refractivity contribution in [2.45, 2.75) is 17.7 Å². The van der Waals surface area contributed by atoms with Crippen LogP contribution in [0.3, 0.4) is 0 Å². The number of nitro benzene ring substituents is 1. The molecule has 0 amide bonds. The van der Waals surface area contributed by atoms with Gasteiger partial charge in [-0.3, -0.25) is 10.1 Å². The van der Waals surface area contributed by atoms with Gasteiger partial charge in [-0.1, -0.05) is 18.2 Å². The highest BCUT2D eigenvalue weighted by Crippen LogP contribution is 2.17. The van der Waals surface area contributed by atoms with E-state index in [4.69, 9.17) is 0 Å². The van der Waals surface area contributed by atoms with Gasteiger partial charge in [-0.05, 0) is 36.6 Å². The molecule has 0 aliphatic carbocycles. The standard InChI is InChI=1S/C15H15FN2O4S/c16-13-8-6-12(7-9-13)3-2-10-17-23(21,22)15-5-1-4-14(11-15)18(19)20/h1,4-9,11,17H,2-3,10H2. The van der Waals surface area contributed by atoms with Gasteiger partial charge < -0.3 is 0 Å². The van der Waals surface area contributed by atoms with Crippen molar-refractivity contribution in [3.05, 3.63) is 70.0 Å². The van der Waals surface area contributed by atoms with E-state index in [2.05, 4.69) is 4.72 Å². The Balaban J connectivity index is 1.92. The van der Waals surface area contributed by atoms with E-state index in [9.17, 15) is 22.9 Å². The fourth-order valence-corrected chi connectivity index (χ4v) is 3.11. The Labute approximate surface area is 133 Å². The Bertz CT molecular complexity index is 791. The lowest BCUT2D eigenvalue weighted by Gasteiger charge is -2.07. The number of sulfonamides is 1. The molecule has 0 saturated heterocycles. The summed E-state index contributed by atoms with van der Waals surface area (Å²) in [6, 6.07) is 10.9. The molecule has 8 heteroatoms. The molecular weight excluding hydrogens is 323 g/mol. The molecule has 0 aliphatic heterocycles. The van der Waals surface area contributed by atoms with Crippen LogP contribution in [0.4, 0.5) is 10.1 Å². The van der Waals surface area contributed by atoms with Crippen molar-refractivity contribution in [3.63, 3.8) is 0 Å². The number of aryl methyl sites for hydroxylation is 1. The highest BCUT2D eigenvalue weighted by molar-refractivity contribution is 7.89. The zero-order chi connectivity index (χ0) is 16.9. The molecule has 0 fully saturated rings. The maximum Gasteiger partial charge on any atom is 0.270 e. The smallest absolute Gasteiger partial charge is 0.258 e. The van der Waals surface area contributed by atoms with Gasteiger partial charge in [0.2, 0.25) is 10.0 Å². The molecule has 0 heterocycles. The first kappa shape index (κ1) is 17.0. The highest BCUT2D eigenvalue weighted by Gasteiger charge is 2.16. The molecule has 6 nitrogen and oxygen atoms in total. The van der Waals surface area contributed by atoms with E-state index in [0.717, 1.165) is 11.6 Å². The first-order valence-electron chi connectivity index (χ1n) is 6.87. The van der Waals surface area contributed by atoms with Crippen molar-refractivity contribution in [1.29, 1.82) is 0 Å². The van der Waals surface area contributed by atoms with Crippen LogP contribution in [0.1, 0.15) is 12.0 Å². The second-order valence-corrected chi connectivity index (χ2v) is 6.65. The van der Waals surface area contributed by atoms with Crippen molar-refractivity contribution in [1.82, 2.24) is 4.72 Å². The van der Waals surface area contributed by atoms with Crippen molar-refractivity contribution < 1.29 is 17.7 Å². The molecular formula is C15H15FN2O4S. The van der Waals surface area contributed by atoms with E-state index >= 15 is 0 Å².